The van der Waals surface area contributed by atoms with Crippen LogP contribution in [-0.4, -0.2) is 16.0 Å². The molecule has 0 radical (unpaired) electrons. The summed E-state index contributed by atoms with van der Waals surface area (Å²) in [5.74, 6) is 0.272. The molecule has 1 aliphatic carbocycles. The lowest BCUT2D eigenvalue weighted by atomic mass is 9.99. The Morgan fingerprint density at radius 3 is 2.48 bits per heavy atom. The predicted octanol–water partition coefficient (Wildman–Crippen LogP) is 6.20. The quantitative estimate of drug-likeness (QED) is 0.525. The summed E-state index contributed by atoms with van der Waals surface area (Å²) in [6.07, 6.45) is 3.50. The Morgan fingerprint density at radius 2 is 1.79 bits per heavy atom. The van der Waals surface area contributed by atoms with Crippen molar-refractivity contribution in [1.29, 1.82) is 5.26 Å². The van der Waals surface area contributed by atoms with E-state index < -0.39 is 0 Å². The van der Waals surface area contributed by atoms with Crippen LogP contribution >= 0.6 is 11.8 Å². The summed E-state index contributed by atoms with van der Waals surface area (Å²) in [7, 11) is 0. The number of ketones is 1. The Labute approximate surface area is 175 Å². The van der Waals surface area contributed by atoms with Crippen LogP contribution in [0, 0.1) is 18.3 Å². The fourth-order valence-corrected chi connectivity index (χ4v) is 4.87. The normalized spacial score (nSPS) is 16.4. The number of carbonyl (C=O) groups excluding carboxylic acids is 1. The highest BCUT2D eigenvalue weighted by molar-refractivity contribution is 8.00. The zero-order chi connectivity index (χ0) is 20.2. The van der Waals surface area contributed by atoms with Gasteiger partial charge in [-0.3, -0.25) is 4.79 Å². The van der Waals surface area contributed by atoms with Crippen molar-refractivity contribution in [1.82, 2.24) is 4.98 Å². The van der Waals surface area contributed by atoms with Crippen LogP contribution in [0.4, 0.5) is 0 Å². The maximum atomic E-state index is 12.4. The van der Waals surface area contributed by atoms with Crippen molar-refractivity contribution in [3.8, 4) is 28.5 Å². The minimum Gasteiger partial charge on any atom is -0.298 e. The van der Waals surface area contributed by atoms with Gasteiger partial charge in [-0.05, 0) is 31.4 Å². The van der Waals surface area contributed by atoms with E-state index >= 15 is 0 Å². The van der Waals surface area contributed by atoms with Crippen LogP contribution in [0.25, 0.3) is 22.4 Å². The third-order valence-electron chi connectivity index (χ3n) is 5.28. The Kier molecular flexibility index (Phi) is 5.78. The van der Waals surface area contributed by atoms with Crippen LogP contribution in [0.5, 0.6) is 0 Å². The number of rotatable bonds is 4. The molecule has 3 aromatic rings. The number of nitrogens with zero attached hydrogens (tertiary/aromatic N) is 2. The molecule has 29 heavy (non-hydrogen) atoms. The lowest BCUT2D eigenvalue weighted by Gasteiger charge is -2.21. The molecule has 4 heteroatoms. The lowest BCUT2D eigenvalue weighted by molar-refractivity contribution is -0.119. The number of Topliss-reactive ketones (excluding diaryl/α,β-unsaturated/α-hetero) is 1. The zero-order valence-corrected chi connectivity index (χ0v) is 17.2. The Balaban J connectivity index is 1.85. The van der Waals surface area contributed by atoms with E-state index in [9.17, 15) is 10.1 Å². The minimum absolute atomic E-state index is 0.111. The fourth-order valence-electron chi connectivity index (χ4n) is 3.64. The third kappa shape index (κ3) is 4.26. The number of nitriles is 1. The number of aromatic nitrogens is 1. The van der Waals surface area contributed by atoms with Gasteiger partial charge in [-0.25, -0.2) is 4.98 Å². The standard InChI is InChI=1S/C25H22N2OS/c1-17-11-13-19(14-12-17)22-15-20(18-7-3-2-4-8-18)21(16-26)25(27-22)29-24-10-6-5-9-23(24)28/h2-4,7-8,11-15,24H,5-6,9-10H2,1H3/t24-/m1/s1. The van der Waals surface area contributed by atoms with Crippen LogP contribution < -0.4 is 0 Å². The monoisotopic (exact) mass is 398 g/mol. The van der Waals surface area contributed by atoms with E-state index in [0.717, 1.165) is 41.6 Å². The summed E-state index contributed by atoms with van der Waals surface area (Å²) in [6.45, 7) is 2.06. The molecule has 0 unspecified atom stereocenters. The summed E-state index contributed by atoms with van der Waals surface area (Å²) in [4.78, 5) is 17.3. The summed E-state index contributed by atoms with van der Waals surface area (Å²) < 4.78 is 0. The number of thioether (sulfide) groups is 1. The predicted molar refractivity (Wildman–Crippen MR) is 118 cm³/mol. The highest BCUT2D eigenvalue weighted by Crippen LogP contribution is 2.38. The first kappa shape index (κ1) is 19.4. The number of aryl methyl sites for hydroxylation is 1. The topological polar surface area (TPSA) is 53.8 Å². The number of benzene rings is 2. The van der Waals surface area contributed by atoms with Crippen molar-refractivity contribution >= 4 is 17.5 Å². The highest BCUT2D eigenvalue weighted by Gasteiger charge is 2.26. The van der Waals surface area contributed by atoms with E-state index in [1.165, 1.54) is 17.3 Å². The Hall–Kier alpha value is -2.90. The van der Waals surface area contributed by atoms with Gasteiger partial charge in [-0.15, -0.1) is 0 Å². The molecule has 0 bridgehead atoms. The molecular weight excluding hydrogens is 376 g/mol. The highest BCUT2D eigenvalue weighted by atomic mass is 32.2. The lowest BCUT2D eigenvalue weighted by Crippen LogP contribution is -2.21. The molecule has 0 N–H and O–H groups in total. The van der Waals surface area contributed by atoms with Gasteiger partial charge in [-0.2, -0.15) is 5.26 Å². The van der Waals surface area contributed by atoms with Gasteiger partial charge < -0.3 is 0 Å². The van der Waals surface area contributed by atoms with E-state index in [2.05, 4.69) is 37.3 Å². The average molecular weight is 399 g/mol. The largest absolute Gasteiger partial charge is 0.298 e. The first-order chi connectivity index (χ1) is 14.2. The molecule has 1 aliphatic rings. The van der Waals surface area contributed by atoms with Crippen molar-refractivity contribution in [3.63, 3.8) is 0 Å². The first-order valence-corrected chi connectivity index (χ1v) is 10.8. The SMILES string of the molecule is Cc1ccc(-c2cc(-c3ccccc3)c(C#N)c(S[C@@H]3CCCCC3=O)n2)cc1. The van der Waals surface area contributed by atoms with Gasteiger partial charge in [0.1, 0.15) is 16.9 Å². The van der Waals surface area contributed by atoms with Crippen molar-refractivity contribution in [2.45, 2.75) is 42.9 Å². The number of hydrogen-bond acceptors (Lipinski definition) is 4. The molecule has 0 amide bonds. The van der Waals surface area contributed by atoms with Gasteiger partial charge in [0.25, 0.3) is 0 Å². The maximum Gasteiger partial charge on any atom is 0.146 e. The zero-order valence-electron chi connectivity index (χ0n) is 16.4. The smallest absolute Gasteiger partial charge is 0.146 e. The molecule has 1 atom stereocenters. The summed E-state index contributed by atoms with van der Waals surface area (Å²) in [6, 6.07) is 22.5. The molecule has 0 spiro atoms. The van der Waals surface area contributed by atoms with Crippen LogP contribution in [0.1, 0.15) is 36.8 Å². The molecule has 1 saturated carbocycles. The van der Waals surface area contributed by atoms with Crippen molar-refractivity contribution < 1.29 is 4.79 Å². The van der Waals surface area contributed by atoms with Crippen molar-refractivity contribution in [2.24, 2.45) is 0 Å². The minimum atomic E-state index is -0.111. The Morgan fingerprint density at radius 1 is 1.03 bits per heavy atom. The molecule has 1 fully saturated rings. The molecule has 0 aliphatic heterocycles. The van der Waals surface area contributed by atoms with E-state index in [1.54, 1.807) is 0 Å². The summed E-state index contributed by atoms with van der Waals surface area (Å²) in [5, 5.41) is 10.5. The molecule has 1 aromatic heterocycles. The molecule has 1 heterocycles. The Bertz CT molecular complexity index is 1070. The number of carbonyl (C=O) groups is 1. The van der Waals surface area contributed by atoms with Crippen LogP contribution in [0.3, 0.4) is 0 Å². The second kappa shape index (κ2) is 8.63. The maximum absolute atomic E-state index is 12.4. The van der Waals surface area contributed by atoms with Gasteiger partial charge in [0.05, 0.1) is 16.5 Å². The van der Waals surface area contributed by atoms with Crippen LogP contribution in [0.15, 0.2) is 65.7 Å². The fraction of sp³-hybridized carbons (Fsp3) is 0.240. The summed E-state index contributed by atoms with van der Waals surface area (Å²) in [5.41, 5.74) is 5.42. The van der Waals surface area contributed by atoms with E-state index in [1.807, 2.05) is 36.4 Å². The van der Waals surface area contributed by atoms with E-state index in [0.29, 0.717) is 17.0 Å². The van der Waals surface area contributed by atoms with Gasteiger partial charge in [0.2, 0.25) is 0 Å². The third-order valence-corrected chi connectivity index (χ3v) is 6.58. The van der Waals surface area contributed by atoms with Crippen molar-refractivity contribution in [2.75, 3.05) is 0 Å². The van der Waals surface area contributed by atoms with Crippen molar-refractivity contribution in [3.05, 3.63) is 71.8 Å². The molecule has 144 valence electrons. The first-order valence-electron chi connectivity index (χ1n) is 9.92. The molecule has 3 nitrogen and oxygen atoms in total. The molecule has 2 aromatic carbocycles. The second-order valence-electron chi connectivity index (χ2n) is 7.40. The molecule has 4 rings (SSSR count). The average Bonchev–Trinajstić information content (AvgIpc) is 2.76. The van der Waals surface area contributed by atoms with Gasteiger partial charge in [-0.1, -0.05) is 78.3 Å². The molecular formula is C25H22N2OS. The van der Waals surface area contributed by atoms with Gasteiger partial charge >= 0.3 is 0 Å². The van der Waals surface area contributed by atoms with Gasteiger partial charge in [0.15, 0.2) is 0 Å². The van der Waals surface area contributed by atoms with E-state index in [-0.39, 0.29) is 11.0 Å². The van der Waals surface area contributed by atoms with Gasteiger partial charge in [0, 0.05) is 17.5 Å². The van der Waals surface area contributed by atoms with E-state index in [4.69, 9.17) is 4.98 Å². The second-order valence-corrected chi connectivity index (χ2v) is 8.59. The summed E-state index contributed by atoms with van der Waals surface area (Å²) >= 11 is 1.46. The van der Waals surface area contributed by atoms with Crippen LogP contribution in [-0.2, 0) is 4.79 Å². The van der Waals surface area contributed by atoms with Crippen LogP contribution in [0.2, 0.25) is 0 Å². The number of hydrogen-bond donors (Lipinski definition) is 0. The molecule has 0 saturated heterocycles. The number of pyridine rings is 1.